The van der Waals surface area contributed by atoms with Crippen LogP contribution < -0.4 is 9.47 Å². The molecule has 1 unspecified atom stereocenters. The second-order valence-electron chi connectivity index (χ2n) is 10.3. The molecule has 0 amide bonds. The van der Waals surface area contributed by atoms with Crippen molar-refractivity contribution in [1.82, 2.24) is 4.31 Å². The number of halogens is 2. The quantitative estimate of drug-likeness (QED) is 0.185. The first-order valence-electron chi connectivity index (χ1n) is 13.3. The number of nitrogens with zero attached hydrogens (tertiary/aromatic N) is 1. The molecule has 43 heavy (non-hydrogen) atoms. The smallest absolute Gasteiger partial charge is 0.366 e. The SMILES string of the molecule is COc1ccccc1S(=O)(=O)N(Cc1ccc(C(C)(F)P(=O)(O)O)c(Cl)c1)Cc1ccccc1-c1ccc2c(c1)CCO2. The molecule has 1 aliphatic heterocycles. The van der Waals surface area contributed by atoms with Crippen LogP contribution in [0.1, 0.15) is 29.2 Å². The summed E-state index contributed by atoms with van der Waals surface area (Å²) in [5.41, 5.74) is 3.58. The van der Waals surface area contributed by atoms with Crippen LogP contribution in [0.2, 0.25) is 5.02 Å². The van der Waals surface area contributed by atoms with Gasteiger partial charge < -0.3 is 19.3 Å². The van der Waals surface area contributed by atoms with Crippen molar-refractivity contribution in [2.75, 3.05) is 13.7 Å². The van der Waals surface area contributed by atoms with Crippen LogP contribution in [0.4, 0.5) is 4.39 Å². The third-order valence-corrected chi connectivity index (χ3v) is 11.0. The molecule has 0 fully saturated rings. The van der Waals surface area contributed by atoms with Gasteiger partial charge in [0.25, 0.3) is 0 Å². The first kappa shape index (κ1) is 31.2. The topological polar surface area (TPSA) is 113 Å². The van der Waals surface area contributed by atoms with E-state index in [1.165, 1.54) is 35.7 Å². The fourth-order valence-electron chi connectivity index (χ4n) is 5.07. The van der Waals surface area contributed by atoms with E-state index in [-0.39, 0.29) is 28.8 Å². The zero-order valence-electron chi connectivity index (χ0n) is 23.4. The van der Waals surface area contributed by atoms with Gasteiger partial charge in [-0.3, -0.25) is 4.57 Å². The van der Waals surface area contributed by atoms with E-state index in [0.29, 0.717) is 12.2 Å². The zero-order valence-corrected chi connectivity index (χ0v) is 25.9. The minimum Gasteiger partial charge on any atom is -0.495 e. The second kappa shape index (κ2) is 12.0. The van der Waals surface area contributed by atoms with Crippen LogP contribution in [-0.2, 0) is 39.5 Å². The predicted molar refractivity (Wildman–Crippen MR) is 162 cm³/mol. The van der Waals surface area contributed by atoms with Crippen LogP contribution in [0.3, 0.4) is 0 Å². The summed E-state index contributed by atoms with van der Waals surface area (Å²) in [6.07, 6.45) is 0.788. The summed E-state index contributed by atoms with van der Waals surface area (Å²) >= 11 is 6.31. The number of ether oxygens (including phenoxy) is 2. The van der Waals surface area contributed by atoms with Crippen LogP contribution in [0.15, 0.2) is 89.8 Å². The van der Waals surface area contributed by atoms with Gasteiger partial charge in [0.1, 0.15) is 16.4 Å². The molecule has 226 valence electrons. The van der Waals surface area contributed by atoms with Gasteiger partial charge in [0.2, 0.25) is 15.4 Å². The van der Waals surface area contributed by atoms with E-state index in [1.54, 1.807) is 18.2 Å². The van der Waals surface area contributed by atoms with Crippen molar-refractivity contribution in [3.63, 3.8) is 0 Å². The Hall–Kier alpha value is -3.24. The van der Waals surface area contributed by atoms with E-state index in [0.717, 1.165) is 41.3 Å². The molecular formula is C31H30ClFNO7PS. The van der Waals surface area contributed by atoms with Crippen LogP contribution >= 0.6 is 19.2 Å². The Labute approximate surface area is 254 Å². The molecule has 1 aliphatic rings. The number of fused-ring (bicyclic) bond motifs is 1. The number of benzene rings is 4. The van der Waals surface area contributed by atoms with Crippen molar-refractivity contribution in [3.8, 4) is 22.6 Å². The number of rotatable bonds is 10. The van der Waals surface area contributed by atoms with E-state index in [2.05, 4.69) is 0 Å². The maximum absolute atomic E-state index is 15.1. The molecule has 0 spiro atoms. The Morgan fingerprint density at radius 2 is 1.74 bits per heavy atom. The summed E-state index contributed by atoms with van der Waals surface area (Å²) in [7, 11) is -7.99. The van der Waals surface area contributed by atoms with E-state index < -0.39 is 28.6 Å². The van der Waals surface area contributed by atoms with E-state index in [9.17, 15) is 22.8 Å². The highest BCUT2D eigenvalue weighted by atomic mass is 35.5. The molecule has 0 saturated heterocycles. The minimum atomic E-state index is -5.20. The lowest BCUT2D eigenvalue weighted by molar-refractivity contribution is 0.222. The first-order chi connectivity index (χ1) is 20.3. The molecule has 4 aromatic rings. The van der Waals surface area contributed by atoms with Crippen molar-refractivity contribution in [1.29, 1.82) is 0 Å². The lowest BCUT2D eigenvalue weighted by atomic mass is 9.97. The lowest BCUT2D eigenvalue weighted by Gasteiger charge is -2.26. The summed E-state index contributed by atoms with van der Waals surface area (Å²) < 4.78 is 67.5. The molecular weight excluding hydrogens is 616 g/mol. The highest BCUT2D eigenvalue weighted by molar-refractivity contribution is 7.89. The molecule has 2 N–H and O–H groups in total. The van der Waals surface area contributed by atoms with Gasteiger partial charge in [0.15, 0.2) is 0 Å². The Morgan fingerprint density at radius 3 is 2.47 bits per heavy atom. The lowest BCUT2D eigenvalue weighted by Crippen LogP contribution is -2.31. The number of methoxy groups -OCH3 is 1. The maximum Gasteiger partial charge on any atom is 0.366 e. The summed E-state index contributed by atoms with van der Waals surface area (Å²) in [5, 5.41) is -3.26. The van der Waals surface area contributed by atoms with Crippen molar-refractivity contribution in [3.05, 3.63) is 112 Å². The van der Waals surface area contributed by atoms with Gasteiger partial charge >= 0.3 is 7.60 Å². The fraction of sp³-hybridized carbons (Fsp3) is 0.226. The Morgan fingerprint density at radius 1 is 1.02 bits per heavy atom. The molecule has 0 radical (unpaired) electrons. The average Bonchev–Trinajstić information content (AvgIpc) is 3.44. The summed E-state index contributed by atoms with van der Waals surface area (Å²) in [6.45, 7) is 1.16. The van der Waals surface area contributed by atoms with Gasteiger partial charge in [-0.25, -0.2) is 12.8 Å². The van der Waals surface area contributed by atoms with Gasteiger partial charge in [0.05, 0.1) is 13.7 Å². The average molecular weight is 646 g/mol. The standard InChI is InChI=1S/C31H30ClFNO7PS/c1-31(33,42(35,36)37)26-13-11-21(17-27(26)32)19-34(43(38,39)30-10-6-5-9-29(30)40-2)20-24-7-3-4-8-25(24)22-12-14-28-23(18-22)15-16-41-28/h3-14,17-18H,15-16,19-20H2,1-2H3,(H2,35,36,37). The molecule has 8 nitrogen and oxygen atoms in total. The number of hydrogen-bond donors (Lipinski definition) is 2. The van der Waals surface area contributed by atoms with Crippen molar-refractivity contribution in [2.45, 2.75) is 36.7 Å². The molecule has 12 heteroatoms. The molecule has 0 aromatic heterocycles. The Kier molecular flexibility index (Phi) is 8.73. The molecule has 0 saturated carbocycles. The third-order valence-electron chi connectivity index (χ3n) is 7.48. The van der Waals surface area contributed by atoms with E-state index in [1.807, 2.05) is 42.5 Å². The van der Waals surface area contributed by atoms with Crippen molar-refractivity contribution >= 4 is 29.2 Å². The van der Waals surface area contributed by atoms with Gasteiger partial charge in [0, 0.05) is 30.1 Å². The summed E-state index contributed by atoms with van der Waals surface area (Å²) in [6, 6.07) is 23.6. The molecule has 1 heterocycles. The van der Waals surface area contributed by atoms with E-state index in [4.69, 9.17) is 21.1 Å². The van der Waals surface area contributed by atoms with Gasteiger partial charge in [-0.15, -0.1) is 0 Å². The van der Waals surface area contributed by atoms with Crippen molar-refractivity contribution in [2.24, 2.45) is 0 Å². The summed E-state index contributed by atoms with van der Waals surface area (Å²) in [5.74, 6) is 1.01. The summed E-state index contributed by atoms with van der Waals surface area (Å²) in [4.78, 5) is 19.0. The van der Waals surface area contributed by atoms with E-state index >= 15 is 4.39 Å². The normalized spacial score (nSPS) is 14.7. The zero-order chi connectivity index (χ0) is 31.0. The maximum atomic E-state index is 15.1. The van der Waals surface area contributed by atoms with Crippen LogP contribution in [0.5, 0.6) is 11.5 Å². The van der Waals surface area contributed by atoms with Gasteiger partial charge in [-0.2, -0.15) is 4.31 Å². The molecule has 0 bridgehead atoms. The molecule has 0 aliphatic carbocycles. The second-order valence-corrected chi connectivity index (χ2v) is 14.6. The van der Waals surface area contributed by atoms with Crippen LogP contribution in [-0.4, -0.2) is 36.2 Å². The highest BCUT2D eigenvalue weighted by Crippen LogP contribution is 2.59. The Balaban J connectivity index is 1.57. The highest BCUT2D eigenvalue weighted by Gasteiger charge is 2.46. The van der Waals surface area contributed by atoms with Gasteiger partial charge in [-0.1, -0.05) is 66.2 Å². The minimum absolute atomic E-state index is 0.0349. The van der Waals surface area contributed by atoms with Crippen LogP contribution in [0, 0.1) is 0 Å². The number of hydrogen-bond acceptors (Lipinski definition) is 5. The van der Waals surface area contributed by atoms with Crippen LogP contribution in [0.25, 0.3) is 11.1 Å². The number of sulfonamides is 1. The molecule has 5 rings (SSSR count). The third kappa shape index (κ3) is 6.22. The Bertz CT molecular complexity index is 1830. The molecule has 4 aromatic carbocycles. The molecule has 1 atom stereocenters. The first-order valence-corrected chi connectivity index (χ1v) is 16.8. The fourth-order valence-corrected chi connectivity index (χ4v) is 7.59. The largest absolute Gasteiger partial charge is 0.495 e. The number of para-hydroxylation sites is 1. The number of alkyl halides is 1. The monoisotopic (exact) mass is 645 g/mol. The van der Waals surface area contributed by atoms with Crippen molar-refractivity contribution < 1.29 is 36.6 Å². The predicted octanol–water partition coefficient (Wildman–Crippen LogP) is 6.66. The van der Waals surface area contributed by atoms with Gasteiger partial charge in [-0.05, 0) is 65.1 Å².